The minimum Gasteiger partial charge on any atom is -0.348 e. The summed E-state index contributed by atoms with van der Waals surface area (Å²) in [5, 5.41) is 3.19. The van der Waals surface area contributed by atoms with Gasteiger partial charge in [0.25, 0.3) is 17.7 Å². The number of hydrogen-bond donors (Lipinski definition) is 1. The zero-order chi connectivity index (χ0) is 21.2. The largest absolute Gasteiger partial charge is 0.348 e. The molecule has 2 aromatic rings. The first-order valence-electron chi connectivity index (χ1n) is 11.0. The van der Waals surface area contributed by atoms with Gasteiger partial charge in [-0.25, -0.2) is 9.97 Å². The molecule has 31 heavy (non-hydrogen) atoms. The highest BCUT2D eigenvalue weighted by Gasteiger charge is 2.60. The van der Waals surface area contributed by atoms with Crippen LogP contribution in [-0.4, -0.2) is 49.2 Å². The molecule has 0 saturated heterocycles. The number of imide groups is 1. The predicted molar refractivity (Wildman–Crippen MR) is 109 cm³/mol. The fraction of sp³-hybridized carbons (Fsp3) is 0.478. The zero-order valence-corrected chi connectivity index (χ0v) is 17.0. The van der Waals surface area contributed by atoms with Crippen molar-refractivity contribution >= 4 is 17.7 Å². The van der Waals surface area contributed by atoms with Crippen LogP contribution in [0.15, 0.2) is 36.8 Å². The lowest BCUT2D eigenvalue weighted by atomic mass is 9.73. The molecule has 5 unspecified atom stereocenters. The second kappa shape index (κ2) is 6.67. The Morgan fingerprint density at radius 3 is 2.29 bits per heavy atom. The van der Waals surface area contributed by atoms with Crippen LogP contribution in [0.25, 0.3) is 0 Å². The fourth-order valence-electron chi connectivity index (χ4n) is 6.74. The summed E-state index contributed by atoms with van der Waals surface area (Å²) < 4.78 is 0. The van der Waals surface area contributed by atoms with Gasteiger partial charge in [-0.2, -0.15) is 0 Å². The van der Waals surface area contributed by atoms with Gasteiger partial charge < -0.3 is 5.32 Å². The molecule has 3 heterocycles. The van der Waals surface area contributed by atoms with E-state index in [1.165, 1.54) is 17.3 Å². The van der Waals surface area contributed by atoms with Gasteiger partial charge in [0.05, 0.1) is 5.54 Å². The zero-order valence-electron chi connectivity index (χ0n) is 17.0. The van der Waals surface area contributed by atoms with Crippen molar-refractivity contribution in [2.45, 2.75) is 50.1 Å². The molecule has 4 aliphatic rings. The number of carbonyl (C=O) groups is 3. The van der Waals surface area contributed by atoms with Gasteiger partial charge >= 0.3 is 0 Å². The number of fused-ring (bicyclic) bond motifs is 3. The molecule has 3 bridgehead atoms. The van der Waals surface area contributed by atoms with E-state index < -0.39 is 5.54 Å². The molecule has 1 aliphatic heterocycles. The number of aromatic nitrogens is 3. The van der Waals surface area contributed by atoms with Gasteiger partial charge in [0.15, 0.2) is 11.4 Å². The Morgan fingerprint density at radius 1 is 0.903 bits per heavy atom. The van der Waals surface area contributed by atoms with Gasteiger partial charge in [-0.1, -0.05) is 6.07 Å². The van der Waals surface area contributed by atoms with Gasteiger partial charge in [0, 0.05) is 24.6 Å². The third-order valence-corrected chi connectivity index (χ3v) is 7.68. The van der Waals surface area contributed by atoms with Gasteiger partial charge in [-0.3, -0.25) is 24.3 Å². The van der Waals surface area contributed by atoms with Crippen molar-refractivity contribution in [2.75, 3.05) is 0 Å². The number of nitrogens with zero attached hydrogens (tertiary/aromatic N) is 4. The second-order valence-electron chi connectivity index (χ2n) is 9.51. The SMILES string of the molecule is O=C(NC1CC2CC3CC(N4C(=O)c5nccnc5C4=O)(C2)CC3C1)c1ccccn1. The van der Waals surface area contributed by atoms with E-state index in [4.69, 9.17) is 0 Å². The molecule has 3 fully saturated rings. The molecule has 158 valence electrons. The summed E-state index contributed by atoms with van der Waals surface area (Å²) in [4.78, 5) is 52.8. The Labute approximate surface area is 179 Å². The van der Waals surface area contributed by atoms with Crippen molar-refractivity contribution in [2.24, 2.45) is 17.8 Å². The third-order valence-electron chi connectivity index (χ3n) is 7.68. The second-order valence-corrected chi connectivity index (χ2v) is 9.51. The van der Waals surface area contributed by atoms with E-state index in [1.807, 2.05) is 6.07 Å². The molecule has 5 atom stereocenters. The van der Waals surface area contributed by atoms with Crippen LogP contribution in [0.2, 0.25) is 0 Å². The Kier molecular flexibility index (Phi) is 4.00. The average molecular weight is 417 g/mol. The van der Waals surface area contributed by atoms with E-state index >= 15 is 0 Å². The van der Waals surface area contributed by atoms with Gasteiger partial charge in [0.1, 0.15) is 5.69 Å². The van der Waals surface area contributed by atoms with Crippen molar-refractivity contribution < 1.29 is 14.4 Å². The van der Waals surface area contributed by atoms with Gasteiger partial charge in [-0.15, -0.1) is 0 Å². The summed E-state index contributed by atoms with van der Waals surface area (Å²) in [6.45, 7) is 0. The Morgan fingerprint density at radius 2 is 1.61 bits per heavy atom. The van der Waals surface area contributed by atoms with E-state index in [-0.39, 0.29) is 35.2 Å². The minimum atomic E-state index is -0.440. The van der Waals surface area contributed by atoms with Crippen LogP contribution in [0.1, 0.15) is 70.0 Å². The number of hydrogen-bond acceptors (Lipinski definition) is 6. The predicted octanol–water partition coefficient (Wildman–Crippen LogP) is 2.23. The molecule has 8 nitrogen and oxygen atoms in total. The monoisotopic (exact) mass is 417 g/mol. The van der Waals surface area contributed by atoms with E-state index in [9.17, 15) is 14.4 Å². The molecular formula is C23H23N5O3. The Hall–Kier alpha value is -3.16. The highest BCUT2D eigenvalue weighted by Crippen LogP contribution is 2.58. The molecule has 8 heteroatoms. The molecule has 1 N–H and O–H groups in total. The summed E-state index contributed by atoms with van der Waals surface area (Å²) in [6.07, 6.45) is 9.84. The summed E-state index contributed by atoms with van der Waals surface area (Å²) in [7, 11) is 0. The molecular weight excluding hydrogens is 394 g/mol. The normalized spacial score (nSPS) is 33.4. The number of carbonyl (C=O) groups excluding carboxylic acids is 3. The highest BCUT2D eigenvalue weighted by molar-refractivity contribution is 6.19. The molecule has 2 aromatic heterocycles. The molecule has 0 aromatic carbocycles. The number of rotatable bonds is 3. The minimum absolute atomic E-state index is 0.0936. The quantitative estimate of drug-likeness (QED) is 0.768. The van der Waals surface area contributed by atoms with Crippen molar-refractivity contribution in [1.29, 1.82) is 0 Å². The van der Waals surface area contributed by atoms with Crippen LogP contribution >= 0.6 is 0 Å². The van der Waals surface area contributed by atoms with Gasteiger partial charge in [0.2, 0.25) is 0 Å². The molecule has 3 saturated carbocycles. The van der Waals surface area contributed by atoms with E-state index in [0.29, 0.717) is 23.4 Å². The number of amides is 3. The molecule has 3 aliphatic carbocycles. The first-order chi connectivity index (χ1) is 15.0. The van der Waals surface area contributed by atoms with Crippen LogP contribution in [-0.2, 0) is 0 Å². The van der Waals surface area contributed by atoms with Crippen molar-refractivity contribution in [3.05, 3.63) is 53.9 Å². The Balaban J connectivity index is 1.24. The smallest absolute Gasteiger partial charge is 0.282 e. The lowest BCUT2D eigenvalue weighted by Crippen LogP contribution is -2.53. The van der Waals surface area contributed by atoms with Crippen molar-refractivity contribution in [3.8, 4) is 0 Å². The van der Waals surface area contributed by atoms with Gasteiger partial charge in [-0.05, 0) is 68.4 Å². The number of pyridine rings is 1. The first-order valence-corrected chi connectivity index (χ1v) is 11.0. The van der Waals surface area contributed by atoms with E-state index in [1.54, 1.807) is 18.3 Å². The van der Waals surface area contributed by atoms with E-state index in [2.05, 4.69) is 20.3 Å². The topological polar surface area (TPSA) is 105 Å². The summed E-state index contributed by atoms with van der Waals surface area (Å²) in [6, 6.07) is 5.43. The third kappa shape index (κ3) is 2.80. The van der Waals surface area contributed by atoms with E-state index in [0.717, 1.165) is 38.5 Å². The van der Waals surface area contributed by atoms with Crippen LogP contribution in [0.4, 0.5) is 0 Å². The van der Waals surface area contributed by atoms with Crippen LogP contribution in [0.3, 0.4) is 0 Å². The average Bonchev–Trinajstić information content (AvgIpc) is 3.13. The van der Waals surface area contributed by atoms with Crippen molar-refractivity contribution in [3.63, 3.8) is 0 Å². The number of nitrogens with one attached hydrogen (secondary N) is 1. The fourth-order valence-corrected chi connectivity index (χ4v) is 6.74. The standard InChI is InChI=1S/C23H23N5O3/c29-20(17-3-1-2-4-24-17)27-16-8-13-7-14-11-23(10-13,12-15(14)9-16)28-21(30)18-19(22(28)31)26-6-5-25-18/h1-6,13-16H,7-12H2,(H,27,29). The van der Waals surface area contributed by atoms with Crippen molar-refractivity contribution in [1.82, 2.24) is 25.2 Å². The molecule has 6 rings (SSSR count). The summed E-state index contributed by atoms with van der Waals surface area (Å²) in [5.41, 5.74) is 0.358. The molecule has 0 radical (unpaired) electrons. The first kappa shape index (κ1) is 18.6. The maximum absolute atomic E-state index is 13.1. The summed E-state index contributed by atoms with van der Waals surface area (Å²) in [5.74, 6) is 0.491. The summed E-state index contributed by atoms with van der Waals surface area (Å²) >= 11 is 0. The maximum atomic E-state index is 13.1. The lowest BCUT2D eigenvalue weighted by Gasteiger charge is -2.43. The molecule has 3 amide bonds. The van der Waals surface area contributed by atoms with Crippen LogP contribution in [0, 0.1) is 17.8 Å². The van der Waals surface area contributed by atoms with Crippen LogP contribution < -0.4 is 5.32 Å². The Bertz CT molecular complexity index is 1050. The molecule has 0 spiro atoms. The lowest BCUT2D eigenvalue weighted by molar-refractivity contribution is 0.0278. The highest BCUT2D eigenvalue weighted by atomic mass is 16.2. The maximum Gasteiger partial charge on any atom is 0.282 e. The van der Waals surface area contributed by atoms with Crippen LogP contribution in [0.5, 0.6) is 0 Å².